The van der Waals surface area contributed by atoms with Gasteiger partial charge >= 0.3 is 12.1 Å². The number of aliphatic hydroxyl groups is 2. The van der Waals surface area contributed by atoms with Gasteiger partial charge in [0.25, 0.3) is 0 Å². The first-order chi connectivity index (χ1) is 16.2. The van der Waals surface area contributed by atoms with Crippen LogP contribution in [0, 0.1) is 11.8 Å². The van der Waals surface area contributed by atoms with Crippen LogP contribution < -0.4 is 4.74 Å². The lowest BCUT2D eigenvalue weighted by atomic mass is 9.86. The van der Waals surface area contributed by atoms with Crippen LogP contribution in [0.5, 0.6) is 5.75 Å². The van der Waals surface area contributed by atoms with Crippen molar-refractivity contribution in [3.63, 3.8) is 0 Å². The molecular weight excluding hydrogens is 449 g/mol. The monoisotopic (exact) mass is 486 g/mol. The Morgan fingerprint density at radius 3 is 2.59 bits per heavy atom. The third-order valence-corrected chi connectivity index (χ3v) is 6.18. The van der Waals surface area contributed by atoms with Gasteiger partial charge in [0.05, 0.1) is 31.0 Å². The van der Waals surface area contributed by atoms with Crippen molar-refractivity contribution in [3.8, 4) is 5.75 Å². The molecule has 8 heteroatoms. The maximum Gasteiger partial charge on any atom is 0.416 e. The molecular formula is C26H37F3O5. The molecule has 1 aromatic rings. The van der Waals surface area contributed by atoms with E-state index in [-0.39, 0.29) is 30.2 Å². The topological polar surface area (TPSA) is 76.0 Å². The number of hydrogen-bond donors (Lipinski definition) is 2. The van der Waals surface area contributed by atoms with Crippen LogP contribution in [-0.4, -0.2) is 41.6 Å². The average Bonchev–Trinajstić information content (AvgIpc) is 3.06. The van der Waals surface area contributed by atoms with Gasteiger partial charge < -0.3 is 19.7 Å². The number of ether oxygens (including phenoxy) is 2. The summed E-state index contributed by atoms with van der Waals surface area (Å²) in [4.78, 5) is 11.5. The largest absolute Gasteiger partial charge is 0.494 e. The molecule has 0 heterocycles. The summed E-state index contributed by atoms with van der Waals surface area (Å²) >= 11 is 0. The first kappa shape index (κ1) is 28.2. The van der Waals surface area contributed by atoms with Gasteiger partial charge in [-0.1, -0.05) is 25.1 Å². The van der Waals surface area contributed by atoms with E-state index in [1.54, 1.807) is 0 Å². The second-order valence-corrected chi connectivity index (χ2v) is 8.89. The molecule has 192 valence electrons. The second-order valence-electron chi connectivity index (χ2n) is 8.89. The molecule has 0 bridgehead atoms. The van der Waals surface area contributed by atoms with Crippen LogP contribution in [0.3, 0.4) is 0 Å². The number of hydrogen-bond acceptors (Lipinski definition) is 5. The molecule has 2 rings (SSSR count). The summed E-state index contributed by atoms with van der Waals surface area (Å²) in [7, 11) is 0. The number of carbonyl (C=O) groups is 1. The summed E-state index contributed by atoms with van der Waals surface area (Å²) in [6.45, 7) is 2.69. The molecule has 1 aliphatic carbocycles. The van der Waals surface area contributed by atoms with Crippen molar-refractivity contribution >= 4 is 5.97 Å². The molecule has 1 saturated carbocycles. The number of rotatable bonds is 14. The summed E-state index contributed by atoms with van der Waals surface area (Å²) < 4.78 is 48.9. The fraction of sp³-hybridized carbons (Fsp3) is 0.654. The molecule has 34 heavy (non-hydrogen) atoms. The lowest BCUT2D eigenvalue weighted by Gasteiger charge is -2.22. The highest BCUT2D eigenvalue weighted by molar-refractivity contribution is 5.69. The van der Waals surface area contributed by atoms with Gasteiger partial charge in [-0.05, 0) is 81.4 Å². The van der Waals surface area contributed by atoms with Gasteiger partial charge in [0, 0.05) is 6.42 Å². The average molecular weight is 487 g/mol. The first-order valence-corrected chi connectivity index (χ1v) is 12.2. The molecule has 0 unspecified atom stereocenters. The predicted octanol–water partition coefficient (Wildman–Crippen LogP) is 5.68. The number of aliphatic hydroxyl groups excluding tert-OH is 2. The summed E-state index contributed by atoms with van der Waals surface area (Å²) in [6, 6.07) is 4.83. The van der Waals surface area contributed by atoms with Crippen molar-refractivity contribution in [2.75, 3.05) is 13.2 Å². The lowest BCUT2D eigenvalue weighted by molar-refractivity contribution is -0.143. The molecule has 0 radical (unpaired) electrons. The van der Waals surface area contributed by atoms with Gasteiger partial charge in [0.15, 0.2) is 0 Å². The zero-order chi connectivity index (χ0) is 25.0. The highest BCUT2D eigenvalue weighted by Crippen LogP contribution is 2.38. The molecule has 4 atom stereocenters. The van der Waals surface area contributed by atoms with Gasteiger partial charge in [-0.3, -0.25) is 4.79 Å². The maximum absolute atomic E-state index is 12.8. The van der Waals surface area contributed by atoms with Crippen LogP contribution in [0.1, 0.15) is 70.3 Å². The van der Waals surface area contributed by atoms with E-state index >= 15 is 0 Å². The van der Waals surface area contributed by atoms with Crippen LogP contribution in [-0.2, 0) is 15.7 Å². The van der Waals surface area contributed by atoms with Crippen molar-refractivity contribution in [1.82, 2.24) is 0 Å². The first-order valence-electron chi connectivity index (χ1n) is 12.2. The van der Waals surface area contributed by atoms with Gasteiger partial charge in [0.1, 0.15) is 5.75 Å². The zero-order valence-electron chi connectivity index (χ0n) is 19.8. The molecule has 0 saturated heterocycles. The van der Waals surface area contributed by atoms with Gasteiger partial charge in [0.2, 0.25) is 0 Å². The van der Waals surface area contributed by atoms with Crippen molar-refractivity contribution in [1.29, 1.82) is 0 Å². The minimum absolute atomic E-state index is 0.0303. The lowest BCUT2D eigenvalue weighted by Crippen LogP contribution is -2.22. The molecule has 0 amide bonds. The van der Waals surface area contributed by atoms with E-state index in [9.17, 15) is 28.2 Å². The SMILES string of the molecule is CCCOC(=O)CCC/C=C\C[C@@H]1[C@@H](CCCCOc2cccc(C(F)(F)F)c2)[C@H](O)C[C@@H]1O. The quantitative estimate of drug-likeness (QED) is 0.201. The number of allylic oxidation sites excluding steroid dienone is 2. The predicted molar refractivity (Wildman–Crippen MR) is 123 cm³/mol. The fourth-order valence-electron chi connectivity index (χ4n) is 4.36. The summed E-state index contributed by atoms with van der Waals surface area (Å²) in [5.41, 5.74) is -0.736. The summed E-state index contributed by atoms with van der Waals surface area (Å²) in [5.74, 6) is -0.0585. The van der Waals surface area contributed by atoms with E-state index in [2.05, 4.69) is 0 Å². The third kappa shape index (κ3) is 9.66. The minimum atomic E-state index is -4.40. The van der Waals surface area contributed by atoms with Gasteiger partial charge in [-0.25, -0.2) is 0 Å². The van der Waals surface area contributed by atoms with Crippen LogP contribution >= 0.6 is 0 Å². The van der Waals surface area contributed by atoms with Crippen LogP contribution in [0.15, 0.2) is 36.4 Å². The number of unbranched alkanes of at least 4 members (excludes halogenated alkanes) is 2. The maximum atomic E-state index is 12.8. The highest BCUT2D eigenvalue weighted by Gasteiger charge is 2.40. The molecule has 1 aromatic carbocycles. The third-order valence-electron chi connectivity index (χ3n) is 6.18. The smallest absolute Gasteiger partial charge is 0.416 e. The van der Waals surface area contributed by atoms with Gasteiger partial charge in [-0.15, -0.1) is 0 Å². The number of halogens is 3. The second kappa shape index (κ2) is 14.4. The highest BCUT2D eigenvalue weighted by atomic mass is 19.4. The number of esters is 1. The zero-order valence-corrected chi connectivity index (χ0v) is 19.8. The molecule has 5 nitrogen and oxygen atoms in total. The Hall–Kier alpha value is -2.06. The van der Waals surface area contributed by atoms with Crippen molar-refractivity contribution in [2.45, 2.75) is 83.1 Å². The molecule has 1 fully saturated rings. The Balaban J connectivity index is 1.69. The van der Waals surface area contributed by atoms with Crippen LogP contribution in [0.4, 0.5) is 13.2 Å². The van der Waals surface area contributed by atoms with E-state index in [1.165, 1.54) is 12.1 Å². The fourth-order valence-corrected chi connectivity index (χ4v) is 4.36. The Kier molecular flexibility index (Phi) is 11.9. The van der Waals surface area contributed by atoms with Gasteiger partial charge in [-0.2, -0.15) is 13.2 Å². The van der Waals surface area contributed by atoms with E-state index in [0.29, 0.717) is 45.1 Å². The number of carbonyl (C=O) groups excluding carboxylic acids is 1. The molecule has 0 spiro atoms. The molecule has 2 N–H and O–H groups in total. The molecule has 1 aliphatic rings. The van der Waals surface area contributed by atoms with E-state index in [4.69, 9.17) is 9.47 Å². The Morgan fingerprint density at radius 1 is 1.09 bits per heavy atom. The van der Waals surface area contributed by atoms with Crippen LogP contribution in [0.2, 0.25) is 0 Å². The van der Waals surface area contributed by atoms with E-state index in [1.807, 2.05) is 19.1 Å². The van der Waals surface area contributed by atoms with E-state index < -0.39 is 23.9 Å². The minimum Gasteiger partial charge on any atom is -0.494 e. The molecule has 0 aromatic heterocycles. The normalized spacial score (nSPS) is 22.9. The Morgan fingerprint density at radius 2 is 1.85 bits per heavy atom. The summed E-state index contributed by atoms with van der Waals surface area (Å²) in [5, 5.41) is 20.7. The number of benzene rings is 1. The van der Waals surface area contributed by atoms with Crippen molar-refractivity contribution < 1.29 is 37.7 Å². The Labute approximate surface area is 200 Å². The van der Waals surface area contributed by atoms with Crippen LogP contribution in [0.25, 0.3) is 0 Å². The Bertz CT molecular complexity index is 765. The number of alkyl halides is 3. The van der Waals surface area contributed by atoms with Crippen molar-refractivity contribution in [2.24, 2.45) is 11.8 Å². The van der Waals surface area contributed by atoms with Crippen molar-refractivity contribution in [3.05, 3.63) is 42.0 Å². The standard InChI is InChI=1S/C26H37F3O5/c1-2-15-34-25(32)14-6-4-3-5-12-21-22(24(31)18-23(21)30)13-7-8-16-33-20-11-9-10-19(17-20)26(27,28)29/h3,5,9-11,17,21-24,30-31H,2,4,6-8,12-16,18H2,1H3/b5-3-/t21-,22-,23+,24-/m1/s1. The summed E-state index contributed by atoms with van der Waals surface area (Å²) in [6.07, 6.45) is 4.27. The van der Waals surface area contributed by atoms with E-state index in [0.717, 1.165) is 31.4 Å². The molecule has 0 aliphatic heterocycles.